The maximum Gasteiger partial charge on any atom is 0.304 e. The summed E-state index contributed by atoms with van der Waals surface area (Å²) in [6.07, 6.45) is 0.231. The third-order valence-electron chi connectivity index (χ3n) is 3.37. The molecule has 0 saturated heterocycles. The molecule has 1 unspecified atom stereocenters. The van der Waals surface area contributed by atoms with E-state index in [1.54, 1.807) is 0 Å². The summed E-state index contributed by atoms with van der Waals surface area (Å²) in [6.45, 7) is 4.62. The summed E-state index contributed by atoms with van der Waals surface area (Å²) in [5, 5.41) is 8.75. The molecule has 0 aromatic heterocycles. The first-order valence-electron chi connectivity index (χ1n) is 6.36. The predicted octanol–water partition coefficient (Wildman–Crippen LogP) is 2.67. The van der Waals surface area contributed by atoms with Crippen molar-refractivity contribution in [2.24, 2.45) is 0 Å². The Labute approximate surface area is 112 Å². The molecular weight excluding hydrogens is 246 g/mol. The second kappa shape index (κ2) is 6.25. The van der Waals surface area contributed by atoms with E-state index >= 15 is 0 Å². The van der Waals surface area contributed by atoms with E-state index in [9.17, 15) is 4.79 Å². The van der Waals surface area contributed by atoms with Crippen LogP contribution < -0.4 is 0 Å². The topological polar surface area (TPSA) is 40.5 Å². The highest BCUT2D eigenvalue weighted by Crippen LogP contribution is 2.39. The van der Waals surface area contributed by atoms with Gasteiger partial charge in [-0.1, -0.05) is 25.1 Å². The molecule has 0 spiro atoms. The predicted molar refractivity (Wildman–Crippen MR) is 74.3 cm³/mol. The SMILES string of the molecule is CCN(CCC(=O)O)CC1CSc2ccccc21. The van der Waals surface area contributed by atoms with E-state index < -0.39 is 5.97 Å². The lowest BCUT2D eigenvalue weighted by Crippen LogP contribution is -2.30. The molecule has 2 rings (SSSR count). The fourth-order valence-corrected chi connectivity index (χ4v) is 3.57. The van der Waals surface area contributed by atoms with Gasteiger partial charge >= 0.3 is 5.97 Å². The zero-order valence-corrected chi connectivity index (χ0v) is 11.4. The number of likely N-dealkylation sites (N-methyl/N-ethyl adjacent to an activating group) is 1. The van der Waals surface area contributed by atoms with Gasteiger partial charge < -0.3 is 10.0 Å². The summed E-state index contributed by atoms with van der Waals surface area (Å²) in [4.78, 5) is 14.2. The Hall–Kier alpha value is -1.00. The second-order valence-corrected chi connectivity index (χ2v) is 5.64. The number of carboxylic acids is 1. The summed E-state index contributed by atoms with van der Waals surface area (Å²) in [7, 11) is 0. The number of nitrogens with zero attached hydrogens (tertiary/aromatic N) is 1. The van der Waals surface area contributed by atoms with Crippen LogP contribution in [0.15, 0.2) is 29.2 Å². The first-order valence-corrected chi connectivity index (χ1v) is 7.35. The third-order valence-corrected chi connectivity index (χ3v) is 4.62. The van der Waals surface area contributed by atoms with Gasteiger partial charge in [0.1, 0.15) is 0 Å². The Bertz CT molecular complexity index is 422. The second-order valence-electron chi connectivity index (χ2n) is 4.58. The maximum atomic E-state index is 10.6. The van der Waals surface area contributed by atoms with Gasteiger partial charge in [0, 0.05) is 29.7 Å². The van der Waals surface area contributed by atoms with Crippen LogP contribution in [0.1, 0.15) is 24.8 Å². The van der Waals surface area contributed by atoms with Crippen LogP contribution in [0.3, 0.4) is 0 Å². The lowest BCUT2D eigenvalue weighted by molar-refractivity contribution is -0.137. The number of fused-ring (bicyclic) bond motifs is 1. The van der Waals surface area contributed by atoms with Crippen LogP contribution in [0.2, 0.25) is 0 Å². The Kier molecular flexibility index (Phi) is 4.66. The molecule has 4 heteroatoms. The lowest BCUT2D eigenvalue weighted by Gasteiger charge is -2.23. The molecule has 98 valence electrons. The number of aliphatic carboxylic acids is 1. The maximum absolute atomic E-state index is 10.6. The zero-order chi connectivity index (χ0) is 13.0. The molecule has 18 heavy (non-hydrogen) atoms. The molecule has 3 nitrogen and oxygen atoms in total. The number of hydrogen-bond donors (Lipinski definition) is 1. The fourth-order valence-electron chi connectivity index (χ4n) is 2.32. The molecular formula is C14H19NO2S. The molecule has 0 saturated carbocycles. The van der Waals surface area contributed by atoms with Crippen LogP contribution in [0, 0.1) is 0 Å². The molecule has 1 aromatic carbocycles. The van der Waals surface area contributed by atoms with Crippen molar-refractivity contribution in [3.05, 3.63) is 29.8 Å². The molecule has 0 radical (unpaired) electrons. The van der Waals surface area contributed by atoms with Crippen molar-refractivity contribution in [1.82, 2.24) is 4.90 Å². The standard InChI is InChI=1S/C14H19NO2S/c1-2-15(8-7-14(16)17)9-11-10-18-13-6-4-3-5-12(11)13/h3-6,11H,2,7-10H2,1H3,(H,16,17). The van der Waals surface area contributed by atoms with Gasteiger partial charge in [-0.3, -0.25) is 4.79 Å². The van der Waals surface area contributed by atoms with Crippen molar-refractivity contribution in [2.75, 3.05) is 25.4 Å². The Morgan fingerprint density at radius 1 is 1.50 bits per heavy atom. The first-order chi connectivity index (χ1) is 8.70. The molecule has 1 aromatic rings. The van der Waals surface area contributed by atoms with Crippen LogP contribution in [-0.2, 0) is 4.79 Å². The van der Waals surface area contributed by atoms with Crippen molar-refractivity contribution >= 4 is 17.7 Å². The minimum Gasteiger partial charge on any atom is -0.481 e. The van der Waals surface area contributed by atoms with Crippen LogP contribution >= 0.6 is 11.8 Å². The summed E-state index contributed by atoms with van der Waals surface area (Å²) >= 11 is 1.91. The molecule has 0 fully saturated rings. The van der Waals surface area contributed by atoms with E-state index in [0.29, 0.717) is 12.5 Å². The summed E-state index contributed by atoms with van der Waals surface area (Å²) < 4.78 is 0. The molecule has 1 atom stereocenters. The van der Waals surface area contributed by atoms with Crippen LogP contribution in [0.4, 0.5) is 0 Å². The molecule has 1 N–H and O–H groups in total. The van der Waals surface area contributed by atoms with Gasteiger partial charge in [0.25, 0.3) is 0 Å². The van der Waals surface area contributed by atoms with E-state index in [-0.39, 0.29) is 6.42 Å². The Morgan fingerprint density at radius 2 is 2.28 bits per heavy atom. The van der Waals surface area contributed by atoms with Crippen molar-refractivity contribution in [2.45, 2.75) is 24.2 Å². The van der Waals surface area contributed by atoms with E-state index in [4.69, 9.17) is 5.11 Å². The van der Waals surface area contributed by atoms with Crippen LogP contribution in [0.5, 0.6) is 0 Å². The van der Waals surface area contributed by atoms with E-state index in [0.717, 1.165) is 18.8 Å². The van der Waals surface area contributed by atoms with Crippen molar-refractivity contribution < 1.29 is 9.90 Å². The molecule has 1 aliphatic rings. The number of rotatable bonds is 6. The van der Waals surface area contributed by atoms with Crippen molar-refractivity contribution in [3.8, 4) is 0 Å². The molecule has 0 aliphatic carbocycles. The average Bonchev–Trinajstić information content (AvgIpc) is 2.77. The third kappa shape index (κ3) is 3.27. The van der Waals surface area contributed by atoms with E-state index in [1.807, 2.05) is 11.8 Å². The smallest absolute Gasteiger partial charge is 0.304 e. The van der Waals surface area contributed by atoms with E-state index in [2.05, 4.69) is 36.1 Å². The minimum atomic E-state index is -0.713. The lowest BCUT2D eigenvalue weighted by atomic mass is 10.0. The van der Waals surface area contributed by atoms with Crippen LogP contribution in [0.25, 0.3) is 0 Å². The van der Waals surface area contributed by atoms with Gasteiger partial charge in [0.15, 0.2) is 0 Å². The summed E-state index contributed by atoms with van der Waals surface area (Å²) in [5.41, 5.74) is 1.43. The van der Waals surface area contributed by atoms with Gasteiger partial charge in [-0.25, -0.2) is 0 Å². The van der Waals surface area contributed by atoms with Crippen molar-refractivity contribution in [3.63, 3.8) is 0 Å². The zero-order valence-electron chi connectivity index (χ0n) is 10.6. The van der Waals surface area contributed by atoms with Crippen molar-refractivity contribution in [1.29, 1.82) is 0 Å². The molecule has 0 bridgehead atoms. The van der Waals surface area contributed by atoms with Gasteiger partial charge in [-0.05, 0) is 18.2 Å². The van der Waals surface area contributed by atoms with Crippen LogP contribution in [-0.4, -0.2) is 41.4 Å². The van der Waals surface area contributed by atoms with Gasteiger partial charge in [0.05, 0.1) is 6.42 Å². The molecule has 0 amide bonds. The highest BCUT2D eigenvalue weighted by Gasteiger charge is 2.24. The normalized spacial score (nSPS) is 18.0. The highest BCUT2D eigenvalue weighted by molar-refractivity contribution is 7.99. The quantitative estimate of drug-likeness (QED) is 0.858. The highest BCUT2D eigenvalue weighted by atomic mass is 32.2. The summed E-state index contributed by atoms with van der Waals surface area (Å²) in [5.74, 6) is 0.942. The number of carboxylic acid groups (broad SMARTS) is 1. The Morgan fingerprint density at radius 3 is 3.00 bits per heavy atom. The fraction of sp³-hybridized carbons (Fsp3) is 0.500. The molecule has 1 heterocycles. The first kappa shape index (κ1) is 13.4. The number of thioether (sulfide) groups is 1. The monoisotopic (exact) mass is 265 g/mol. The molecule has 1 aliphatic heterocycles. The largest absolute Gasteiger partial charge is 0.481 e. The number of hydrogen-bond acceptors (Lipinski definition) is 3. The van der Waals surface area contributed by atoms with E-state index in [1.165, 1.54) is 10.5 Å². The minimum absolute atomic E-state index is 0.231. The average molecular weight is 265 g/mol. The number of benzene rings is 1. The number of carbonyl (C=O) groups is 1. The van der Waals surface area contributed by atoms with Gasteiger partial charge in [-0.2, -0.15) is 0 Å². The van der Waals surface area contributed by atoms with Gasteiger partial charge in [0.2, 0.25) is 0 Å². The van der Waals surface area contributed by atoms with Gasteiger partial charge in [-0.15, -0.1) is 11.8 Å². The summed E-state index contributed by atoms with van der Waals surface area (Å²) in [6, 6.07) is 8.54. The Balaban J connectivity index is 1.95.